The molecule has 2 saturated heterocycles. The molecular weight excluding hydrogens is 504 g/mol. The summed E-state index contributed by atoms with van der Waals surface area (Å²) >= 11 is 0. The maximum absolute atomic E-state index is 13.9. The van der Waals surface area contributed by atoms with E-state index >= 15 is 0 Å². The van der Waals surface area contributed by atoms with Gasteiger partial charge in [0.15, 0.2) is 6.10 Å². The van der Waals surface area contributed by atoms with Gasteiger partial charge < -0.3 is 23.4 Å². The van der Waals surface area contributed by atoms with Crippen molar-refractivity contribution < 1.29 is 42.5 Å². The van der Waals surface area contributed by atoms with Gasteiger partial charge in [-0.1, -0.05) is 18.6 Å². The number of ether oxygens (including phenoxy) is 4. The minimum Gasteiger partial charge on any atom is -0.472 e. The summed E-state index contributed by atoms with van der Waals surface area (Å²) in [5.41, 5.74) is 0.208. The zero-order valence-electron chi connectivity index (χ0n) is 23.1. The van der Waals surface area contributed by atoms with Crippen LogP contribution < -0.4 is 0 Å². The maximum Gasteiger partial charge on any atom is 0.333 e. The fourth-order valence-corrected chi connectivity index (χ4v) is 7.44. The van der Waals surface area contributed by atoms with E-state index in [4.69, 9.17) is 23.4 Å². The lowest BCUT2D eigenvalue weighted by Gasteiger charge is -2.58. The van der Waals surface area contributed by atoms with Crippen molar-refractivity contribution in [1.29, 1.82) is 0 Å². The molecule has 3 heterocycles. The lowest BCUT2D eigenvalue weighted by atomic mass is 9.43. The standard InChI is InChI=1S/C30H36O9/c1-6-17(4)26(32)39-25-20(37-23(31)11-16(2)3)12-22-29(15-36-27(33)24(25)29)9-7-18(5)30(22)13-21(38-28(30)34)19-8-10-35-14-19/h6,8,10-11,14,18,20-22,24-25H,7,9,12-13,15H2,1-5H3/b17-6-/t18-,20-,21-,22+,24+,25-,29+,30-/m1/s1. The first-order valence-corrected chi connectivity index (χ1v) is 13.6. The lowest BCUT2D eigenvalue weighted by molar-refractivity contribution is -0.210. The molecule has 9 nitrogen and oxygen atoms in total. The smallest absolute Gasteiger partial charge is 0.333 e. The third-order valence-electron chi connectivity index (χ3n) is 9.50. The van der Waals surface area contributed by atoms with Crippen LogP contribution in [-0.2, 0) is 38.1 Å². The Hall–Kier alpha value is -3.36. The third-order valence-corrected chi connectivity index (χ3v) is 9.50. The van der Waals surface area contributed by atoms with Crippen molar-refractivity contribution in [1.82, 2.24) is 0 Å². The van der Waals surface area contributed by atoms with E-state index in [1.165, 1.54) is 6.08 Å². The third kappa shape index (κ3) is 4.30. The van der Waals surface area contributed by atoms with Crippen LogP contribution in [0.5, 0.6) is 0 Å². The molecule has 2 aliphatic heterocycles. The molecule has 0 unspecified atom stereocenters. The van der Waals surface area contributed by atoms with Crippen LogP contribution in [0.4, 0.5) is 0 Å². The first kappa shape index (κ1) is 27.2. The van der Waals surface area contributed by atoms with Gasteiger partial charge in [-0.3, -0.25) is 9.59 Å². The number of carbonyl (C=O) groups excluding carboxylic acids is 4. The number of rotatable bonds is 5. The predicted molar refractivity (Wildman–Crippen MR) is 137 cm³/mol. The number of esters is 4. The Balaban J connectivity index is 1.59. The van der Waals surface area contributed by atoms with Gasteiger partial charge in [0, 0.05) is 29.0 Å². The normalized spacial score (nSPS) is 37.4. The highest BCUT2D eigenvalue weighted by atomic mass is 16.6. The van der Waals surface area contributed by atoms with Crippen LogP contribution in [0.3, 0.4) is 0 Å². The Kier molecular flexibility index (Phi) is 6.97. The Bertz CT molecular complexity index is 1220. The molecule has 0 amide bonds. The van der Waals surface area contributed by atoms with E-state index in [-0.39, 0.29) is 24.9 Å². The second kappa shape index (κ2) is 9.99. The summed E-state index contributed by atoms with van der Waals surface area (Å²) in [5, 5.41) is 0. The summed E-state index contributed by atoms with van der Waals surface area (Å²) in [5.74, 6) is -3.31. The summed E-state index contributed by atoms with van der Waals surface area (Å²) in [4.78, 5) is 53.1. The molecule has 2 saturated carbocycles. The summed E-state index contributed by atoms with van der Waals surface area (Å²) in [6.45, 7) is 9.06. The highest BCUT2D eigenvalue weighted by molar-refractivity contribution is 5.89. The largest absolute Gasteiger partial charge is 0.472 e. The van der Waals surface area contributed by atoms with E-state index in [1.54, 1.807) is 52.4 Å². The van der Waals surface area contributed by atoms with E-state index in [1.807, 2.05) is 6.92 Å². The van der Waals surface area contributed by atoms with Gasteiger partial charge in [0.2, 0.25) is 0 Å². The Morgan fingerprint density at radius 1 is 1.15 bits per heavy atom. The molecule has 0 aromatic carbocycles. The van der Waals surface area contributed by atoms with E-state index in [0.29, 0.717) is 24.8 Å². The Morgan fingerprint density at radius 3 is 2.59 bits per heavy atom. The summed E-state index contributed by atoms with van der Waals surface area (Å²) in [7, 11) is 0. The van der Waals surface area contributed by atoms with Crippen molar-refractivity contribution in [2.75, 3.05) is 6.61 Å². The Labute approximate surface area is 227 Å². The van der Waals surface area contributed by atoms with Gasteiger partial charge >= 0.3 is 23.9 Å². The zero-order valence-corrected chi connectivity index (χ0v) is 23.1. The van der Waals surface area contributed by atoms with Gasteiger partial charge in [0.1, 0.15) is 18.1 Å². The first-order chi connectivity index (χ1) is 18.5. The lowest BCUT2D eigenvalue weighted by Crippen LogP contribution is -2.64. The van der Waals surface area contributed by atoms with Crippen molar-refractivity contribution in [2.24, 2.45) is 28.6 Å². The van der Waals surface area contributed by atoms with E-state index in [9.17, 15) is 19.2 Å². The molecule has 0 bridgehead atoms. The molecule has 4 fully saturated rings. The summed E-state index contributed by atoms with van der Waals surface area (Å²) < 4.78 is 28.8. The fraction of sp³-hybridized carbons (Fsp3) is 0.600. The minimum absolute atomic E-state index is 0.0487. The SMILES string of the molecule is C/C=C(/C)C(=O)O[C@H]1[C@H]2C(=O)OC[C@]23CC[C@@H](C)[C@]2(C[C@H](c4ccoc4)OC2=O)[C@H]3C[C@H]1OC(=O)C=C(C)C. The van der Waals surface area contributed by atoms with Crippen molar-refractivity contribution >= 4 is 23.9 Å². The van der Waals surface area contributed by atoms with Gasteiger partial charge in [-0.15, -0.1) is 0 Å². The van der Waals surface area contributed by atoms with Gasteiger partial charge in [-0.05, 0) is 64.9 Å². The van der Waals surface area contributed by atoms with Crippen LogP contribution in [0.1, 0.15) is 72.0 Å². The van der Waals surface area contributed by atoms with Crippen LogP contribution >= 0.6 is 0 Å². The topological polar surface area (TPSA) is 118 Å². The van der Waals surface area contributed by atoms with Crippen LogP contribution in [0.25, 0.3) is 0 Å². The van der Waals surface area contributed by atoms with Gasteiger partial charge in [0.25, 0.3) is 0 Å². The second-order valence-corrected chi connectivity index (χ2v) is 11.8. The second-order valence-electron chi connectivity index (χ2n) is 11.8. The monoisotopic (exact) mass is 540 g/mol. The average molecular weight is 541 g/mol. The van der Waals surface area contributed by atoms with Crippen molar-refractivity contribution in [3.05, 3.63) is 47.5 Å². The quantitative estimate of drug-likeness (QED) is 0.299. The van der Waals surface area contributed by atoms with Crippen molar-refractivity contribution in [2.45, 2.75) is 78.6 Å². The predicted octanol–water partition coefficient (Wildman–Crippen LogP) is 4.62. The molecule has 4 aliphatic rings. The zero-order chi connectivity index (χ0) is 28.1. The van der Waals surface area contributed by atoms with Crippen LogP contribution in [0.2, 0.25) is 0 Å². The first-order valence-electron chi connectivity index (χ1n) is 13.6. The molecule has 39 heavy (non-hydrogen) atoms. The van der Waals surface area contributed by atoms with E-state index in [0.717, 1.165) is 11.1 Å². The highest BCUT2D eigenvalue weighted by Crippen LogP contribution is 2.68. The van der Waals surface area contributed by atoms with Crippen LogP contribution in [0, 0.1) is 28.6 Å². The summed E-state index contributed by atoms with van der Waals surface area (Å²) in [6.07, 6.45) is 5.59. The maximum atomic E-state index is 13.9. The van der Waals surface area contributed by atoms with Crippen molar-refractivity contribution in [3.8, 4) is 0 Å². The van der Waals surface area contributed by atoms with Crippen molar-refractivity contribution in [3.63, 3.8) is 0 Å². The molecule has 5 rings (SSSR count). The molecule has 0 radical (unpaired) electrons. The minimum atomic E-state index is -1.04. The molecule has 9 heteroatoms. The molecule has 1 aromatic rings. The van der Waals surface area contributed by atoms with E-state index < -0.39 is 58.9 Å². The molecule has 0 N–H and O–H groups in total. The van der Waals surface area contributed by atoms with Crippen LogP contribution in [-0.4, -0.2) is 42.7 Å². The number of allylic oxidation sites excluding steroid dienone is 2. The molecule has 210 valence electrons. The van der Waals surface area contributed by atoms with Gasteiger partial charge in [0.05, 0.1) is 24.5 Å². The number of cyclic esters (lactones) is 2. The number of carbonyl (C=O) groups is 4. The number of hydrogen-bond donors (Lipinski definition) is 0. The molecule has 1 aromatic heterocycles. The fourth-order valence-electron chi connectivity index (χ4n) is 7.44. The molecule has 2 spiro atoms. The number of hydrogen-bond acceptors (Lipinski definition) is 9. The number of fused-ring (bicyclic) bond motifs is 1. The Morgan fingerprint density at radius 2 is 1.92 bits per heavy atom. The number of furan rings is 1. The van der Waals surface area contributed by atoms with Crippen LogP contribution in [0.15, 0.2) is 46.3 Å². The highest BCUT2D eigenvalue weighted by Gasteiger charge is 2.74. The average Bonchev–Trinajstić information content (AvgIpc) is 3.61. The molecular formula is C30H36O9. The van der Waals surface area contributed by atoms with E-state index in [2.05, 4.69) is 0 Å². The van der Waals surface area contributed by atoms with Gasteiger partial charge in [-0.25, -0.2) is 9.59 Å². The molecule has 2 aliphatic carbocycles. The molecule has 8 atom stereocenters. The van der Waals surface area contributed by atoms with Gasteiger partial charge in [-0.2, -0.15) is 0 Å². The summed E-state index contributed by atoms with van der Waals surface area (Å²) in [6, 6.07) is 1.79.